The quantitative estimate of drug-likeness (QED) is 0.855. The lowest BCUT2D eigenvalue weighted by atomic mass is 10.1. The molecule has 1 heterocycles. The predicted octanol–water partition coefficient (Wildman–Crippen LogP) is 3.02. The molecule has 2 aromatic rings. The third-order valence-electron chi connectivity index (χ3n) is 4.86. The molecular weight excluding hydrogens is 340 g/mol. The van der Waals surface area contributed by atoms with Crippen LogP contribution in [0.25, 0.3) is 0 Å². The molecule has 0 aromatic heterocycles. The van der Waals surface area contributed by atoms with Gasteiger partial charge in [-0.05, 0) is 61.2 Å². The number of carbonyl (C=O) groups excluding carboxylic acids is 2. The Labute approximate surface area is 160 Å². The largest absolute Gasteiger partial charge is 0.497 e. The second-order valence-electron chi connectivity index (χ2n) is 7.14. The normalized spacial score (nSPS) is 16.5. The highest BCUT2D eigenvalue weighted by Crippen LogP contribution is 2.27. The van der Waals surface area contributed by atoms with Gasteiger partial charge in [-0.1, -0.05) is 18.2 Å². The summed E-state index contributed by atoms with van der Waals surface area (Å²) in [4.78, 5) is 26.6. The second kappa shape index (κ2) is 8.25. The van der Waals surface area contributed by atoms with Crippen LogP contribution in [0.5, 0.6) is 5.75 Å². The number of anilines is 1. The summed E-state index contributed by atoms with van der Waals surface area (Å²) in [6.45, 7) is 5.01. The van der Waals surface area contributed by atoms with E-state index in [1.54, 1.807) is 12.0 Å². The zero-order valence-corrected chi connectivity index (χ0v) is 16.1. The average molecular weight is 366 g/mol. The van der Waals surface area contributed by atoms with E-state index in [1.807, 2.05) is 50.2 Å². The van der Waals surface area contributed by atoms with Gasteiger partial charge in [0.15, 0.2) is 0 Å². The van der Waals surface area contributed by atoms with Crippen LogP contribution in [0.4, 0.5) is 5.69 Å². The number of methoxy groups -OCH3 is 1. The highest BCUT2D eigenvalue weighted by Gasteiger charge is 2.35. The Morgan fingerprint density at radius 3 is 2.63 bits per heavy atom. The van der Waals surface area contributed by atoms with Crippen molar-refractivity contribution in [3.8, 4) is 5.75 Å². The number of nitrogens with one attached hydrogen (secondary N) is 1. The van der Waals surface area contributed by atoms with Gasteiger partial charge in [0.25, 0.3) is 0 Å². The molecule has 0 radical (unpaired) electrons. The number of rotatable bonds is 6. The number of ether oxygens (including phenoxy) is 1. The van der Waals surface area contributed by atoms with Crippen LogP contribution >= 0.6 is 0 Å². The number of aryl methyl sites for hydroxylation is 2. The fourth-order valence-electron chi connectivity index (χ4n) is 3.54. The second-order valence-corrected chi connectivity index (χ2v) is 7.14. The Balaban J connectivity index is 1.55. The Hall–Kier alpha value is -2.82. The van der Waals surface area contributed by atoms with Gasteiger partial charge in [-0.25, -0.2) is 0 Å². The zero-order chi connectivity index (χ0) is 19.4. The minimum atomic E-state index is -0.302. The van der Waals surface area contributed by atoms with E-state index >= 15 is 0 Å². The van der Waals surface area contributed by atoms with Gasteiger partial charge in [0.05, 0.1) is 13.0 Å². The van der Waals surface area contributed by atoms with Gasteiger partial charge in [-0.3, -0.25) is 9.59 Å². The fourth-order valence-corrected chi connectivity index (χ4v) is 3.54. The van der Waals surface area contributed by atoms with E-state index in [2.05, 4.69) is 11.4 Å². The summed E-state index contributed by atoms with van der Waals surface area (Å²) in [7, 11) is 1.64. The van der Waals surface area contributed by atoms with E-state index in [0.717, 1.165) is 34.5 Å². The van der Waals surface area contributed by atoms with Crippen LogP contribution in [0.15, 0.2) is 42.5 Å². The van der Waals surface area contributed by atoms with E-state index in [-0.39, 0.29) is 24.2 Å². The summed E-state index contributed by atoms with van der Waals surface area (Å²) in [5.74, 6) is 0.457. The molecule has 1 fully saturated rings. The Kier molecular flexibility index (Phi) is 5.79. The molecule has 1 aliphatic rings. The molecule has 142 valence electrons. The molecule has 1 atom stereocenters. The number of amides is 2. The molecule has 0 spiro atoms. The summed E-state index contributed by atoms with van der Waals surface area (Å²) in [6.07, 6.45) is 0.988. The maximum Gasteiger partial charge on any atom is 0.227 e. The van der Waals surface area contributed by atoms with Crippen molar-refractivity contribution in [2.75, 3.05) is 25.1 Å². The third kappa shape index (κ3) is 4.67. The molecule has 5 heteroatoms. The molecule has 1 unspecified atom stereocenters. The van der Waals surface area contributed by atoms with Crippen LogP contribution in [0, 0.1) is 19.8 Å². The first kappa shape index (κ1) is 19.0. The van der Waals surface area contributed by atoms with Gasteiger partial charge in [-0.15, -0.1) is 0 Å². The molecule has 1 aliphatic heterocycles. The van der Waals surface area contributed by atoms with Crippen molar-refractivity contribution in [3.63, 3.8) is 0 Å². The molecule has 0 aliphatic carbocycles. The van der Waals surface area contributed by atoms with Crippen LogP contribution < -0.4 is 15.0 Å². The predicted molar refractivity (Wildman–Crippen MR) is 106 cm³/mol. The first-order valence-corrected chi connectivity index (χ1v) is 9.25. The molecule has 0 saturated carbocycles. The van der Waals surface area contributed by atoms with Crippen LogP contribution in [-0.4, -0.2) is 32.0 Å². The smallest absolute Gasteiger partial charge is 0.227 e. The average Bonchev–Trinajstić information content (AvgIpc) is 3.03. The number of benzene rings is 2. The summed E-state index contributed by atoms with van der Waals surface area (Å²) in [6, 6.07) is 13.9. The van der Waals surface area contributed by atoms with E-state index < -0.39 is 0 Å². The maximum atomic E-state index is 12.5. The molecule has 2 amide bonds. The van der Waals surface area contributed by atoms with Crippen molar-refractivity contribution in [3.05, 3.63) is 59.2 Å². The number of hydrogen-bond donors (Lipinski definition) is 1. The van der Waals surface area contributed by atoms with Crippen LogP contribution in [-0.2, 0) is 16.0 Å². The number of carbonyl (C=O) groups is 2. The van der Waals surface area contributed by atoms with Gasteiger partial charge in [0.2, 0.25) is 11.8 Å². The Morgan fingerprint density at radius 2 is 1.93 bits per heavy atom. The van der Waals surface area contributed by atoms with Crippen molar-refractivity contribution >= 4 is 17.5 Å². The van der Waals surface area contributed by atoms with Gasteiger partial charge in [0.1, 0.15) is 5.75 Å². The van der Waals surface area contributed by atoms with Gasteiger partial charge in [-0.2, -0.15) is 0 Å². The topological polar surface area (TPSA) is 58.6 Å². The molecule has 3 rings (SSSR count). The molecule has 5 nitrogen and oxygen atoms in total. The van der Waals surface area contributed by atoms with Crippen molar-refractivity contribution in [2.45, 2.75) is 26.7 Å². The molecule has 27 heavy (non-hydrogen) atoms. The maximum absolute atomic E-state index is 12.5. The third-order valence-corrected chi connectivity index (χ3v) is 4.86. The molecule has 1 saturated heterocycles. The SMILES string of the molecule is COc1cccc(CCNC(=O)C2CC(=O)N(c3cc(C)cc(C)c3)C2)c1. The summed E-state index contributed by atoms with van der Waals surface area (Å²) in [5.41, 5.74) is 4.21. The standard InChI is InChI=1S/C22H26N2O3/c1-15-9-16(2)11-19(10-15)24-14-18(13-21(24)25)22(26)23-8-7-17-5-4-6-20(12-17)27-3/h4-6,9-12,18H,7-8,13-14H2,1-3H3,(H,23,26). The van der Waals surface area contributed by atoms with Crippen LogP contribution in [0.1, 0.15) is 23.1 Å². The molecule has 2 aromatic carbocycles. The highest BCUT2D eigenvalue weighted by atomic mass is 16.5. The lowest BCUT2D eigenvalue weighted by Gasteiger charge is -2.18. The van der Waals surface area contributed by atoms with Gasteiger partial charge in [0, 0.05) is 25.2 Å². The van der Waals surface area contributed by atoms with E-state index in [0.29, 0.717) is 13.1 Å². The highest BCUT2D eigenvalue weighted by molar-refractivity contribution is 6.00. The van der Waals surface area contributed by atoms with Gasteiger partial charge < -0.3 is 15.0 Å². The minimum absolute atomic E-state index is 0.00736. The lowest BCUT2D eigenvalue weighted by molar-refractivity contribution is -0.126. The van der Waals surface area contributed by atoms with Crippen molar-refractivity contribution in [2.24, 2.45) is 5.92 Å². The van der Waals surface area contributed by atoms with Crippen molar-refractivity contribution in [1.29, 1.82) is 0 Å². The fraction of sp³-hybridized carbons (Fsp3) is 0.364. The zero-order valence-electron chi connectivity index (χ0n) is 16.1. The van der Waals surface area contributed by atoms with Crippen molar-refractivity contribution in [1.82, 2.24) is 5.32 Å². The first-order chi connectivity index (χ1) is 13.0. The van der Waals surface area contributed by atoms with Crippen LogP contribution in [0.2, 0.25) is 0 Å². The summed E-state index contributed by atoms with van der Waals surface area (Å²) < 4.78 is 5.22. The summed E-state index contributed by atoms with van der Waals surface area (Å²) in [5, 5.41) is 2.97. The minimum Gasteiger partial charge on any atom is -0.497 e. The number of nitrogens with zero attached hydrogens (tertiary/aromatic N) is 1. The number of hydrogen-bond acceptors (Lipinski definition) is 3. The molecule has 1 N–H and O–H groups in total. The van der Waals surface area contributed by atoms with Crippen LogP contribution in [0.3, 0.4) is 0 Å². The van der Waals surface area contributed by atoms with Gasteiger partial charge >= 0.3 is 0 Å². The summed E-state index contributed by atoms with van der Waals surface area (Å²) >= 11 is 0. The monoisotopic (exact) mass is 366 g/mol. The lowest BCUT2D eigenvalue weighted by Crippen LogP contribution is -2.34. The Bertz CT molecular complexity index is 827. The molecule has 0 bridgehead atoms. The van der Waals surface area contributed by atoms with E-state index in [9.17, 15) is 9.59 Å². The van der Waals surface area contributed by atoms with Crippen molar-refractivity contribution < 1.29 is 14.3 Å². The molecular formula is C22H26N2O3. The first-order valence-electron chi connectivity index (χ1n) is 9.25. The van der Waals surface area contributed by atoms with E-state index in [4.69, 9.17) is 4.74 Å². The Morgan fingerprint density at radius 1 is 1.19 bits per heavy atom. The van der Waals surface area contributed by atoms with E-state index in [1.165, 1.54) is 0 Å².